The van der Waals surface area contributed by atoms with Gasteiger partial charge in [0, 0.05) is 31.9 Å². The minimum Gasteiger partial charge on any atom is -0.388 e. The zero-order chi connectivity index (χ0) is 17.6. The molecule has 24 heavy (non-hydrogen) atoms. The van der Waals surface area contributed by atoms with Crippen molar-refractivity contribution in [2.45, 2.75) is 51.7 Å². The molecule has 0 spiro atoms. The summed E-state index contributed by atoms with van der Waals surface area (Å²) in [6.45, 7) is 7.94. The van der Waals surface area contributed by atoms with Crippen LogP contribution >= 0.6 is 0 Å². The Bertz CT molecular complexity index is 519. The Morgan fingerprint density at radius 2 is 2.29 bits per heavy atom. The van der Waals surface area contributed by atoms with Gasteiger partial charge in [-0.1, -0.05) is 19.9 Å². The number of nitrogens with zero attached hydrogens (tertiary/aromatic N) is 2. The second-order valence-electron chi connectivity index (χ2n) is 7.38. The van der Waals surface area contributed by atoms with E-state index in [1.807, 2.05) is 18.2 Å². The van der Waals surface area contributed by atoms with E-state index >= 15 is 0 Å². The maximum atomic E-state index is 12.1. The van der Waals surface area contributed by atoms with E-state index < -0.39 is 5.60 Å². The van der Waals surface area contributed by atoms with Crippen molar-refractivity contribution >= 4 is 11.8 Å². The molecule has 2 rings (SSSR count). The van der Waals surface area contributed by atoms with E-state index in [0.717, 1.165) is 31.7 Å². The smallest absolute Gasteiger partial charge is 0.315 e. The Morgan fingerprint density at radius 1 is 1.50 bits per heavy atom. The number of amides is 2. The highest BCUT2D eigenvalue weighted by Crippen LogP contribution is 2.17. The summed E-state index contributed by atoms with van der Waals surface area (Å²) in [7, 11) is 0. The third kappa shape index (κ3) is 6.00. The highest BCUT2D eigenvalue weighted by molar-refractivity contribution is 5.74. The van der Waals surface area contributed by atoms with Crippen LogP contribution < -0.4 is 15.5 Å². The van der Waals surface area contributed by atoms with Crippen molar-refractivity contribution < 1.29 is 9.90 Å². The lowest BCUT2D eigenvalue weighted by Crippen LogP contribution is -2.48. The molecular weight excluding hydrogens is 304 g/mol. The first-order chi connectivity index (χ1) is 11.4. The van der Waals surface area contributed by atoms with Crippen molar-refractivity contribution in [3.8, 4) is 0 Å². The van der Waals surface area contributed by atoms with Gasteiger partial charge in [-0.3, -0.25) is 0 Å². The monoisotopic (exact) mass is 334 g/mol. The van der Waals surface area contributed by atoms with Crippen LogP contribution in [0.15, 0.2) is 24.4 Å². The maximum absolute atomic E-state index is 12.1. The number of aliphatic hydroxyl groups is 1. The number of anilines is 1. The molecule has 3 N–H and O–H groups in total. The van der Waals surface area contributed by atoms with E-state index in [0.29, 0.717) is 12.3 Å². The van der Waals surface area contributed by atoms with Gasteiger partial charge in [-0.05, 0) is 44.2 Å². The molecule has 6 heteroatoms. The number of urea groups is 1. The fraction of sp³-hybridized carbons (Fsp3) is 0.667. The van der Waals surface area contributed by atoms with E-state index in [1.165, 1.54) is 0 Å². The van der Waals surface area contributed by atoms with E-state index in [1.54, 1.807) is 13.1 Å². The van der Waals surface area contributed by atoms with Crippen LogP contribution in [-0.2, 0) is 0 Å². The summed E-state index contributed by atoms with van der Waals surface area (Å²) in [5, 5.41) is 16.1. The van der Waals surface area contributed by atoms with Gasteiger partial charge in [0.05, 0.1) is 5.60 Å². The second kappa shape index (κ2) is 8.33. The SMILES string of the molecule is CC(C)CCC(C)(O)CNC(=O)NC1CCN(c2ccccn2)C1. The van der Waals surface area contributed by atoms with Crippen LogP contribution in [0.5, 0.6) is 0 Å². The van der Waals surface area contributed by atoms with E-state index in [-0.39, 0.29) is 18.6 Å². The molecule has 0 aromatic carbocycles. The Morgan fingerprint density at radius 3 is 2.96 bits per heavy atom. The number of carbonyl (C=O) groups is 1. The zero-order valence-corrected chi connectivity index (χ0v) is 15.0. The lowest BCUT2D eigenvalue weighted by atomic mass is 9.95. The Labute approximate surface area is 144 Å². The maximum Gasteiger partial charge on any atom is 0.315 e. The van der Waals surface area contributed by atoms with Crippen molar-refractivity contribution in [2.75, 3.05) is 24.5 Å². The average Bonchev–Trinajstić information content (AvgIpc) is 3.01. The van der Waals surface area contributed by atoms with Gasteiger partial charge in [0.15, 0.2) is 0 Å². The lowest BCUT2D eigenvalue weighted by molar-refractivity contribution is 0.0476. The van der Waals surface area contributed by atoms with Crippen molar-refractivity contribution in [1.29, 1.82) is 0 Å². The van der Waals surface area contributed by atoms with E-state index in [2.05, 4.69) is 34.4 Å². The van der Waals surface area contributed by atoms with Crippen molar-refractivity contribution in [3.05, 3.63) is 24.4 Å². The molecule has 0 radical (unpaired) electrons. The normalized spacial score (nSPS) is 20.0. The summed E-state index contributed by atoms with van der Waals surface area (Å²) < 4.78 is 0. The number of pyridine rings is 1. The Kier molecular flexibility index (Phi) is 6.43. The summed E-state index contributed by atoms with van der Waals surface area (Å²) in [5.41, 5.74) is -0.864. The van der Waals surface area contributed by atoms with Gasteiger partial charge in [0.2, 0.25) is 0 Å². The summed E-state index contributed by atoms with van der Waals surface area (Å²) in [4.78, 5) is 18.6. The number of hydrogen-bond acceptors (Lipinski definition) is 4. The third-order valence-corrected chi connectivity index (χ3v) is 4.39. The van der Waals surface area contributed by atoms with Gasteiger partial charge in [0.25, 0.3) is 0 Å². The molecule has 1 aliphatic rings. The van der Waals surface area contributed by atoms with Crippen LogP contribution in [0.25, 0.3) is 0 Å². The highest BCUT2D eigenvalue weighted by atomic mass is 16.3. The fourth-order valence-electron chi connectivity index (χ4n) is 2.82. The molecule has 0 bridgehead atoms. The predicted octanol–water partition coefficient (Wildman–Crippen LogP) is 2.15. The highest BCUT2D eigenvalue weighted by Gasteiger charge is 2.26. The van der Waals surface area contributed by atoms with Crippen LogP contribution in [0.2, 0.25) is 0 Å². The summed E-state index contributed by atoms with van der Waals surface area (Å²) in [6, 6.07) is 5.73. The number of carbonyl (C=O) groups excluding carboxylic acids is 1. The topological polar surface area (TPSA) is 77.5 Å². The number of rotatable bonds is 7. The first-order valence-electron chi connectivity index (χ1n) is 8.78. The minimum atomic E-state index is -0.864. The fourth-order valence-corrected chi connectivity index (χ4v) is 2.82. The second-order valence-corrected chi connectivity index (χ2v) is 7.38. The molecule has 1 fully saturated rings. The van der Waals surface area contributed by atoms with Crippen molar-refractivity contribution in [2.24, 2.45) is 5.92 Å². The largest absolute Gasteiger partial charge is 0.388 e. The summed E-state index contributed by atoms with van der Waals surface area (Å²) >= 11 is 0. The van der Waals surface area contributed by atoms with Gasteiger partial charge < -0.3 is 20.6 Å². The number of aromatic nitrogens is 1. The first-order valence-corrected chi connectivity index (χ1v) is 8.78. The molecule has 1 saturated heterocycles. The van der Waals surface area contributed by atoms with Crippen LogP contribution in [0.3, 0.4) is 0 Å². The molecule has 1 aromatic rings. The minimum absolute atomic E-state index is 0.104. The molecule has 2 heterocycles. The van der Waals surface area contributed by atoms with Crippen LogP contribution in [-0.4, -0.2) is 47.4 Å². The van der Waals surface area contributed by atoms with Gasteiger partial charge in [-0.2, -0.15) is 0 Å². The predicted molar refractivity (Wildman–Crippen MR) is 96.1 cm³/mol. The standard InChI is InChI=1S/C18H30N4O2/c1-14(2)7-9-18(3,24)13-20-17(23)21-15-8-11-22(12-15)16-6-4-5-10-19-16/h4-6,10,14-15,24H,7-9,11-13H2,1-3H3,(H2,20,21,23). The van der Waals surface area contributed by atoms with Gasteiger partial charge in [0.1, 0.15) is 5.82 Å². The van der Waals surface area contributed by atoms with Gasteiger partial charge in [-0.15, -0.1) is 0 Å². The van der Waals surface area contributed by atoms with Crippen LogP contribution in [0.4, 0.5) is 10.6 Å². The molecule has 2 amide bonds. The summed E-state index contributed by atoms with van der Waals surface area (Å²) in [6.07, 6.45) is 4.30. The van der Waals surface area contributed by atoms with E-state index in [4.69, 9.17) is 0 Å². The average molecular weight is 334 g/mol. The molecule has 0 aliphatic carbocycles. The van der Waals surface area contributed by atoms with Crippen LogP contribution in [0, 0.1) is 5.92 Å². The Hall–Kier alpha value is -1.82. The Balaban J connectivity index is 1.71. The third-order valence-electron chi connectivity index (χ3n) is 4.39. The molecule has 1 aliphatic heterocycles. The number of hydrogen-bond donors (Lipinski definition) is 3. The first kappa shape index (κ1) is 18.5. The molecule has 134 valence electrons. The van der Waals surface area contributed by atoms with E-state index in [9.17, 15) is 9.90 Å². The molecule has 6 nitrogen and oxygen atoms in total. The summed E-state index contributed by atoms with van der Waals surface area (Å²) in [5.74, 6) is 1.49. The molecule has 2 atom stereocenters. The van der Waals surface area contributed by atoms with Crippen molar-refractivity contribution in [1.82, 2.24) is 15.6 Å². The molecule has 2 unspecified atom stereocenters. The molecule has 0 saturated carbocycles. The van der Waals surface area contributed by atoms with Gasteiger partial charge in [-0.25, -0.2) is 9.78 Å². The molecule has 1 aromatic heterocycles. The van der Waals surface area contributed by atoms with Crippen molar-refractivity contribution in [3.63, 3.8) is 0 Å². The molecular formula is C18H30N4O2. The number of nitrogens with one attached hydrogen (secondary N) is 2. The zero-order valence-electron chi connectivity index (χ0n) is 15.0. The quantitative estimate of drug-likeness (QED) is 0.714. The van der Waals surface area contributed by atoms with Gasteiger partial charge >= 0.3 is 6.03 Å². The van der Waals surface area contributed by atoms with Crippen LogP contribution in [0.1, 0.15) is 40.0 Å². The lowest BCUT2D eigenvalue weighted by Gasteiger charge is -2.25.